The van der Waals surface area contributed by atoms with Crippen LogP contribution in [0.1, 0.15) is 37.1 Å². The molecule has 1 aromatic rings. The van der Waals surface area contributed by atoms with Crippen molar-refractivity contribution in [3.05, 3.63) is 21.7 Å². The molecule has 1 aliphatic carbocycles. The second-order valence-corrected chi connectivity index (χ2v) is 4.82. The Bertz CT molecular complexity index is 486. The second-order valence-electron chi connectivity index (χ2n) is 4.82. The van der Waals surface area contributed by atoms with E-state index in [4.69, 9.17) is 4.74 Å². The van der Waals surface area contributed by atoms with Crippen molar-refractivity contribution < 1.29 is 4.74 Å². The van der Waals surface area contributed by atoms with Gasteiger partial charge in [-0.1, -0.05) is 0 Å². The number of H-pyrrole nitrogens is 1. The van der Waals surface area contributed by atoms with Gasteiger partial charge in [-0.05, 0) is 32.1 Å². The third-order valence-corrected chi connectivity index (χ3v) is 3.90. The van der Waals surface area contributed by atoms with E-state index in [1.165, 1.54) is 0 Å². The minimum atomic E-state index is -0.354. The molecule has 0 spiro atoms. The number of rotatable bonds is 2. The van der Waals surface area contributed by atoms with Gasteiger partial charge >= 0.3 is 0 Å². The summed E-state index contributed by atoms with van der Waals surface area (Å²) in [5.41, 5.74) is 0.416. The molecule has 0 radical (unpaired) electrons. The van der Waals surface area contributed by atoms with Gasteiger partial charge in [0.25, 0.3) is 5.56 Å². The van der Waals surface area contributed by atoms with Gasteiger partial charge in [0.15, 0.2) is 0 Å². The number of fused-ring (bicyclic) bond motifs is 1. The Morgan fingerprint density at radius 2 is 2.18 bits per heavy atom. The molecular weight excluding hydrogens is 218 g/mol. The third-order valence-electron chi connectivity index (χ3n) is 3.90. The van der Waals surface area contributed by atoms with Gasteiger partial charge in [-0.15, -0.1) is 0 Å². The molecule has 0 amide bonds. The van der Waals surface area contributed by atoms with Crippen LogP contribution in [0.2, 0.25) is 0 Å². The first-order valence-electron chi connectivity index (χ1n) is 6.18. The first kappa shape index (κ1) is 10.8. The van der Waals surface area contributed by atoms with Crippen molar-refractivity contribution in [2.24, 2.45) is 0 Å². The summed E-state index contributed by atoms with van der Waals surface area (Å²) in [6.07, 6.45) is 4.80. The first-order chi connectivity index (χ1) is 8.25. The normalized spacial score (nSPS) is 21.2. The summed E-state index contributed by atoms with van der Waals surface area (Å²) in [5, 5.41) is 3.20. The highest BCUT2D eigenvalue weighted by Crippen LogP contribution is 2.42. The number of hydrogen-bond donors (Lipinski definition) is 2. The molecule has 1 aliphatic heterocycles. The van der Waals surface area contributed by atoms with Crippen molar-refractivity contribution in [2.45, 2.75) is 37.7 Å². The highest BCUT2D eigenvalue weighted by molar-refractivity contribution is 5.45. The largest absolute Gasteiger partial charge is 0.370 e. The predicted molar refractivity (Wildman–Crippen MR) is 64.2 cm³/mol. The van der Waals surface area contributed by atoms with E-state index < -0.39 is 0 Å². The molecule has 5 nitrogen and oxygen atoms in total. The number of nitrogens with one attached hydrogen (secondary N) is 2. The van der Waals surface area contributed by atoms with Gasteiger partial charge in [0, 0.05) is 13.7 Å². The second kappa shape index (κ2) is 3.84. The standard InChI is InChI=1S/C12H17N3O2/c1-17-12(5-3-6-12)11-14-9-8(10(16)15-11)4-2-7-13-9/h2-7H2,1H3,(H2,13,14,15,16). The third kappa shape index (κ3) is 1.57. The van der Waals surface area contributed by atoms with Gasteiger partial charge in [0.05, 0.1) is 5.56 Å². The van der Waals surface area contributed by atoms with Gasteiger partial charge in [0.2, 0.25) is 0 Å². The predicted octanol–water partition coefficient (Wildman–Crippen LogP) is 1.15. The highest BCUT2D eigenvalue weighted by atomic mass is 16.5. The molecular formula is C12H17N3O2. The Morgan fingerprint density at radius 1 is 1.35 bits per heavy atom. The minimum absolute atomic E-state index is 0.0134. The molecule has 0 bridgehead atoms. The van der Waals surface area contributed by atoms with E-state index in [1.54, 1.807) is 7.11 Å². The maximum absolute atomic E-state index is 12.0. The van der Waals surface area contributed by atoms with Crippen LogP contribution in [-0.4, -0.2) is 23.6 Å². The lowest BCUT2D eigenvalue weighted by atomic mass is 9.79. The average Bonchev–Trinajstić information content (AvgIpc) is 2.28. The summed E-state index contributed by atoms with van der Waals surface area (Å²) in [6, 6.07) is 0. The lowest BCUT2D eigenvalue weighted by Crippen LogP contribution is -2.40. The molecule has 0 atom stereocenters. The van der Waals surface area contributed by atoms with E-state index >= 15 is 0 Å². The summed E-state index contributed by atoms with van der Waals surface area (Å²) in [6.45, 7) is 0.892. The maximum atomic E-state index is 12.0. The van der Waals surface area contributed by atoms with Crippen molar-refractivity contribution in [3.63, 3.8) is 0 Å². The fourth-order valence-electron chi connectivity index (χ4n) is 2.60. The van der Waals surface area contributed by atoms with Crippen molar-refractivity contribution >= 4 is 5.82 Å². The molecule has 0 unspecified atom stereocenters. The Morgan fingerprint density at radius 3 is 2.82 bits per heavy atom. The van der Waals surface area contributed by atoms with Gasteiger partial charge in [-0.2, -0.15) is 0 Å². The molecule has 92 valence electrons. The SMILES string of the molecule is COC1(c2nc3c(c(=O)[nH]2)CCCN3)CCC1. The number of anilines is 1. The maximum Gasteiger partial charge on any atom is 0.256 e. The number of aromatic amines is 1. The highest BCUT2D eigenvalue weighted by Gasteiger charge is 2.42. The van der Waals surface area contributed by atoms with Crippen LogP contribution >= 0.6 is 0 Å². The minimum Gasteiger partial charge on any atom is -0.370 e. The fourth-order valence-corrected chi connectivity index (χ4v) is 2.60. The van der Waals surface area contributed by atoms with Crippen LogP contribution in [0.4, 0.5) is 5.82 Å². The molecule has 1 aromatic heterocycles. The van der Waals surface area contributed by atoms with E-state index in [9.17, 15) is 4.79 Å². The molecule has 2 N–H and O–H groups in total. The van der Waals surface area contributed by atoms with Crippen LogP contribution in [0, 0.1) is 0 Å². The molecule has 1 fully saturated rings. The van der Waals surface area contributed by atoms with Crippen LogP contribution in [0.15, 0.2) is 4.79 Å². The van der Waals surface area contributed by atoms with E-state index in [-0.39, 0.29) is 11.2 Å². The number of aromatic nitrogens is 2. The Kier molecular flexibility index (Phi) is 2.43. The summed E-state index contributed by atoms with van der Waals surface area (Å²) < 4.78 is 5.55. The molecule has 2 heterocycles. The fraction of sp³-hybridized carbons (Fsp3) is 0.667. The first-order valence-corrected chi connectivity index (χ1v) is 6.18. The van der Waals surface area contributed by atoms with Crippen molar-refractivity contribution in [3.8, 4) is 0 Å². The molecule has 1 saturated carbocycles. The van der Waals surface area contributed by atoms with E-state index in [2.05, 4.69) is 15.3 Å². The molecule has 2 aliphatic rings. The molecule has 0 saturated heterocycles. The smallest absolute Gasteiger partial charge is 0.256 e. The number of ether oxygens (including phenoxy) is 1. The molecule has 0 aromatic carbocycles. The zero-order valence-corrected chi connectivity index (χ0v) is 10.0. The Labute approximate surface area is 99.6 Å². The van der Waals surface area contributed by atoms with Gasteiger partial charge in [-0.25, -0.2) is 4.98 Å². The van der Waals surface area contributed by atoms with E-state index in [0.29, 0.717) is 5.82 Å². The van der Waals surface area contributed by atoms with Crippen LogP contribution in [-0.2, 0) is 16.8 Å². The van der Waals surface area contributed by atoms with Gasteiger partial charge in [0.1, 0.15) is 17.2 Å². The lowest BCUT2D eigenvalue weighted by molar-refractivity contribution is -0.0847. The summed E-state index contributed by atoms with van der Waals surface area (Å²) in [5.74, 6) is 1.43. The van der Waals surface area contributed by atoms with Crippen molar-refractivity contribution in [1.29, 1.82) is 0 Å². The summed E-state index contributed by atoms with van der Waals surface area (Å²) in [4.78, 5) is 19.4. The molecule has 17 heavy (non-hydrogen) atoms. The molecule has 5 heteroatoms. The number of methoxy groups -OCH3 is 1. The monoisotopic (exact) mass is 235 g/mol. The van der Waals surface area contributed by atoms with Crippen LogP contribution in [0.25, 0.3) is 0 Å². The van der Waals surface area contributed by atoms with Crippen LogP contribution in [0.3, 0.4) is 0 Å². The van der Waals surface area contributed by atoms with Crippen molar-refractivity contribution in [2.75, 3.05) is 19.0 Å². The van der Waals surface area contributed by atoms with Crippen molar-refractivity contribution in [1.82, 2.24) is 9.97 Å². The topological polar surface area (TPSA) is 67.0 Å². The zero-order chi connectivity index (χ0) is 11.9. The Hall–Kier alpha value is -1.36. The number of nitrogens with zero attached hydrogens (tertiary/aromatic N) is 1. The van der Waals surface area contributed by atoms with E-state index in [0.717, 1.165) is 50.0 Å². The van der Waals surface area contributed by atoms with E-state index in [1.807, 2.05) is 0 Å². The quantitative estimate of drug-likeness (QED) is 0.807. The summed E-state index contributed by atoms with van der Waals surface area (Å²) in [7, 11) is 1.69. The Balaban J connectivity index is 2.07. The van der Waals surface area contributed by atoms with Crippen LogP contribution in [0.5, 0.6) is 0 Å². The average molecular weight is 235 g/mol. The lowest BCUT2D eigenvalue weighted by Gasteiger charge is -2.39. The zero-order valence-electron chi connectivity index (χ0n) is 10.0. The number of hydrogen-bond acceptors (Lipinski definition) is 4. The van der Waals surface area contributed by atoms with Gasteiger partial charge in [-0.3, -0.25) is 4.79 Å². The summed E-state index contributed by atoms with van der Waals surface area (Å²) >= 11 is 0. The van der Waals surface area contributed by atoms with Crippen LogP contribution < -0.4 is 10.9 Å². The van der Waals surface area contributed by atoms with Gasteiger partial charge < -0.3 is 15.0 Å². The molecule has 3 rings (SSSR count).